The van der Waals surface area contributed by atoms with E-state index in [1.54, 1.807) is 11.3 Å². The van der Waals surface area contributed by atoms with Gasteiger partial charge >= 0.3 is 0 Å². The SMILES string of the molecule is Clc1csc2c1CC(Cl)CC2. The van der Waals surface area contributed by atoms with Gasteiger partial charge in [0.1, 0.15) is 0 Å². The number of thiophene rings is 1. The van der Waals surface area contributed by atoms with Crippen molar-refractivity contribution in [3.05, 3.63) is 20.8 Å². The number of rotatable bonds is 0. The van der Waals surface area contributed by atoms with Gasteiger partial charge in [0.05, 0.1) is 5.02 Å². The average molecular weight is 207 g/mol. The van der Waals surface area contributed by atoms with E-state index in [2.05, 4.69) is 0 Å². The highest BCUT2D eigenvalue weighted by Gasteiger charge is 2.20. The van der Waals surface area contributed by atoms with Gasteiger partial charge in [-0.05, 0) is 24.8 Å². The molecule has 1 aliphatic rings. The third-order valence-corrected chi connectivity index (χ3v) is 3.97. The number of hydrogen-bond donors (Lipinski definition) is 0. The molecule has 3 heteroatoms. The van der Waals surface area contributed by atoms with Crippen molar-refractivity contribution in [2.24, 2.45) is 0 Å². The first-order chi connectivity index (χ1) is 5.27. The zero-order valence-electron chi connectivity index (χ0n) is 5.94. The molecule has 1 aromatic rings. The summed E-state index contributed by atoms with van der Waals surface area (Å²) in [6, 6.07) is 0. The van der Waals surface area contributed by atoms with Gasteiger partial charge in [-0.15, -0.1) is 22.9 Å². The first-order valence-corrected chi connectivity index (χ1v) is 5.35. The lowest BCUT2D eigenvalue weighted by Crippen LogP contribution is -2.11. The number of alkyl halides is 1. The van der Waals surface area contributed by atoms with Gasteiger partial charge in [-0.2, -0.15) is 0 Å². The summed E-state index contributed by atoms with van der Waals surface area (Å²) in [7, 11) is 0. The maximum absolute atomic E-state index is 6.02. The van der Waals surface area contributed by atoms with Crippen LogP contribution >= 0.6 is 34.5 Å². The molecular formula is C8H8Cl2S. The van der Waals surface area contributed by atoms with E-state index < -0.39 is 0 Å². The van der Waals surface area contributed by atoms with E-state index in [9.17, 15) is 0 Å². The first-order valence-electron chi connectivity index (χ1n) is 3.66. The second-order valence-corrected chi connectivity index (χ2v) is 4.81. The van der Waals surface area contributed by atoms with Gasteiger partial charge in [-0.25, -0.2) is 0 Å². The van der Waals surface area contributed by atoms with E-state index >= 15 is 0 Å². The van der Waals surface area contributed by atoms with Crippen LogP contribution < -0.4 is 0 Å². The van der Waals surface area contributed by atoms with E-state index in [1.165, 1.54) is 10.4 Å². The van der Waals surface area contributed by atoms with Crippen LogP contribution in [0.3, 0.4) is 0 Å². The summed E-state index contributed by atoms with van der Waals surface area (Å²) in [6.45, 7) is 0. The Morgan fingerprint density at radius 3 is 3.18 bits per heavy atom. The molecule has 2 rings (SSSR count). The van der Waals surface area contributed by atoms with Gasteiger partial charge in [0.2, 0.25) is 0 Å². The summed E-state index contributed by atoms with van der Waals surface area (Å²) in [5, 5.41) is 3.23. The van der Waals surface area contributed by atoms with Crippen LogP contribution in [0.5, 0.6) is 0 Å². The molecule has 11 heavy (non-hydrogen) atoms. The molecule has 0 nitrogen and oxygen atoms in total. The summed E-state index contributed by atoms with van der Waals surface area (Å²) >= 11 is 13.8. The van der Waals surface area contributed by atoms with E-state index in [4.69, 9.17) is 23.2 Å². The number of aryl methyl sites for hydroxylation is 1. The molecule has 1 atom stereocenters. The lowest BCUT2D eigenvalue weighted by molar-refractivity contribution is 0.706. The number of fused-ring (bicyclic) bond motifs is 1. The molecule has 0 radical (unpaired) electrons. The molecule has 1 heterocycles. The minimum absolute atomic E-state index is 0.301. The second kappa shape index (κ2) is 2.96. The normalized spacial score (nSPS) is 23.3. The summed E-state index contributed by atoms with van der Waals surface area (Å²) in [4.78, 5) is 1.44. The zero-order valence-corrected chi connectivity index (χ0v) is 8.27. The Hall–Kier alpha value is 0.280. The maximum Gasteiger partial charge on any atom is 0.0548 e. The van der Waals surface area contributed by atoms with Crippen LogP contribution in [0.1, 0.15) is 16.9 Å². The molecule has 0 N–H and O–H groups in total. The molecule has 0 aromatic carbocycles. The van der Waals surface area contributed by atoms with Gasteiger partial charge < -0.3 is 0 Å². The van der Waals surface area contributed by atoms with Crippen molar-refractivity contribution < 1.29 is 0 Å². The van der Waals surface area contributed by atoms with E-state index in [1.807, 2.05) is 5.38 Å². The molecule has 0 bridgehead atoms. The van der Waals surface area contributed by atoms with Crippen LogP contribution in [0, 0.1) is 0 Å². The van der Waals surface area contributed by atoms with Crippen LogP contribution in [-0.2, 0) is 12.8 Å². The molecule has 0 saturated carbocycles. The van der Waals surface area contributed by atoms with E-state index in [0.29, 0.717) is 5.38 Å². The standard InChI is InChI=1S/C8H8Cl2S/c9-5-1-2-8-6(3-5)7(10)4-11-8/h4-5H,1-3H2. The van der Waals surface area contributed by atoms with Gasteiger partial charge in [-0.3, -0.25) is 0 Å². The Balaban J connectivity index is 2.37. The third-order valence-electron chi connectivity index (χ3n) is 2.04. The molecule has 0 fully saturated rings. The molecule has 0 amide bonds. The highest BCUT2D eigenvalue weighted by atomic mass is 35.5. The lowest BCUT2D eigenvalue weighted by Gasteiger charge is -2.16. The highest BCUT2D eigenvalue weighted by Crippen LogP contribution is 2.34. The third kappa shape index (κ3) is 1.42. The summed E-state index contributed by atoms with van der Waals surface area (Å²) in [5.74, 6) is 0. The van der Waals surface area contributed by atoms with Crippen LogP contribution in [-0.4, -0.2) is 5.38 Å². The number of halogens is 2. The molecule has 1 aromatic heterocycles. The second-order valence-electron chi connectivity index (χ2n) is 2.83. The fourth-order valence-corrected chi connectivity index (χ4v) is 3.03. The average Bonchev–Trinajstić information content (AvgIpc) is 2.33. The monoisotopic (exact) mass is 206 g/mol. The molecule has 0 aliphatic heterocycles. The minimum Gasteiger partial charge on any atom is -0.147 e. The Bertz CT molecular complexity index is 267. The van der Waals surface area contributed by atoms with Crippen molar-refractivity contribution in [1.82, 2.24) is 0 Å². The molecule has 60 valence electrons. The van der Waals surface area contributed by atoms with Crippen molar-refractivity contribution >= 4 is 34.5 Å². The Morgan fingerprint density at radius 1 is 1.55 bits per heavy atom. The van der Waals surface area contributed by atoms with Crippen molar-refractivity contribution in [3.63, 3.8) is 0 Å². The summed E-state index contributed by atoms with van der Waals surface area (Å²) in [6.07, 6.45) is 3.17. The fraction of sp³-hybridized carbons (Fsp3) is 0.500. The summed E-state index contributed by atoms with van der Waals surface area (Å²) < 4.78 is 0. The van der Waals surface area contributed by atoms with Gasteiger partial charge in [0, 0.05) is 15.6 Å². The lowest BCUT2D eigenvalue weighted by atomic mass is 9.99. The van der Waals surface area contributed by atoms with Crippen molar-refractivity contribution in [1.29, 1.82) is 0 Å². The zero-order chi connectivity index (χ0) is 7.84. The minimum atomic E-state index is 0.301. The van der Waals surface area contributed by atoms with Crippen molar-refractivity contribution in [3.8, 4) is 0 Å². The van der Waals surface area contributed by atoms with Crippen LogP contribution in [0.2, 0.25) is 5.02 Å². The molecule has 1 unspecified atom stereocenters. The molecular weight excluding hydrogens is 199 g/mol. The highest BCUT2D eigenvalue weighted by molar-refractivity contribution is 7.10. The summed E-state index contributed by atoms with van der Waals surface area (Å²) in [5.41, 5.74) is 1.29. The predicted molar refractivity (Wildman–Crippen MR) is 51.0 cm³/mol. The maximum atomic E-state index is 6.02. The Kier molecular flexibility index (Phi) is 2.13. The van der Waals surface area contributed by atoms with Crippen molar-refractivity contribution in [2.45, 2.75) is 24.6 Å². The topological polar surface area (TPSA) is 0 Å². The number of hydrogen-bond acceptors (Lipinski definition) is 1. The predicted octanol–water partition coefficient (Wildman–Crippen LogP) is 3.50. The Labute approximate surface area is 80.1 Å². The molecule has 1 aliphatic carbocycles. The smallest absolute Gasteiger partial charge is 0.0548 e. The molecule has 0 saturated heterocycles. The largest absolute Gasteiger partial charge is 0.147 e. The van der Waals surface area contributed by atoms with Gasteiger partial charge in [0.15, 0.2) is 0 Å². The quantitative estimate of drug-likeness (QED) is 0.571. The Morgan fingerprint density at radius 2 is 2.36 bits per heavy atom. The van der Waals surface area contributed by atoms with Crippen LogP contribution in [0.15, 0.2) is 5.38 Å². The van der Waals surface area contributed by atoms with E-state index in [0.717, 1.165) is 24.3 Å². The van der Waals surface area contributed by atoms with Gasteiger partial charge in [0.25, 0.3) is 0 Å². The molecule has 0 spiro atoms. The van der Waals surface area contributed by atoms with Crippen LogP contribution in [0.4, 0.5) is 0 Å². The van der Waals surface area contributed by atoms with Gasteiger partial charge in [-0.1, -0.05) is 11.6 Å². The van der Waals surface area contributed by atoms with Crippen LogP contribution in [0.25, 0.3) is 0 Å². The van der Waals surface area contributed by atoms with E-state index in [-0.39, 0.29) is 0 Å². The van der Waals surface area contributed by atoms with Crippen molar-refractivity contribution in [2.75, 3.05) is 0 Å². The fourth-order valence-electron chi connectivity index (χ4n) is 1.43. The first kappa shape index (κ1) is 7.90.